The molecule has 0 atom stereocenters. The minimum atomic E-state index is -0.537. The van der Waals surface area contributed by atoms with Gasteiger partial charge in [-0.1, -0.05) is 48.0 Å². The van der Waals surface area contributed by atoms with Gasteiger partial charge in [0.25, 0.3) is 11.6 Å². The van der Waals surface area contributed by atoms with Crippen LogP contribution in [0.25, 0.3) is 22.0 Å². The Labute approximate surface area is 175 Å². The summed E-state index contributed by atoms with van der Waals surface area (Å²) in [5.41, 5.74) is 4.25. The molecule has 0 fully saturated rings. The summed E-state index contributed by atoms with van der Waals surface area (Å²) in [6.45, 7) is 0. The fourth-order valence-electron chi connectivity index (χ4n) is 2.90. The minimum absolute atomic E-state index is 0.124. The van der Waals surface area contributed by atoms with Crippen LogP contribution >= 0.6 is 11.6 Å². The lowest BCUT2D eigenvalue weighted by molar-refractivity contribution is -0.384. The molecule has 1 amide bonds. The van der Waals surface area contributed by atoms with Gasteiger partial charge in [-0.25, -0.2) is 5.43 Å². The second kappa shape index (κ2) is 8.14. The number of nitro benzene ring substituents is 1. The van der Waals surface area contributed by atoms with Gasteiger partial charge in [-0.2, -0.15) is 10.2 Å². The number of nitrogens with zero attached hydrogens (tertiary/aromatic N) is 3. The van der Waals surface area contributed by atoms with Crippen LogP contribution in [-0.4, -0.2) is 27.2 Å². The molecule has 0 unspecified atom stereocenters. The fraction of sp³-hybridized carbons (Fsp3) is 0. The fourth-order valence-corrected chi connectivity index (χ4v) is 3.07. The van der Waals surface area contributed by atoms with Crippen molar-refractivity contribution in [3.05, 3.63) is 93.1 Å². The summed E-state index contributed by atoms with van der Waals surface area (Å²) in [6, 6.07) is 19.5. The molecule has 8 nitrogen and oxygen atoms in total. The van der Waals surface area contributed by atoms with Crippen molar-refractivity contribution in [1.29, 1.82) is 0 Å². The van der Waals surface area contributed by atoms with Gasteiger partial charge in [0.1, 0.15) is 5.69 Å². The number of H-pyrrole nitrogens is 1. The molecular weight excluding hydrogens is 406 g/mol. The first-order valence-electron chi connectivity index (χ1n) is 8.83. The number of aromatic amines is 1. The van der Waals surface area contributed by atoms with E-state index in [9.17, 15) is 14.9 Å². The zero-order valence-electron chi connectivity index (χ0n) is 15.4. The number of amides is 1. The van der Waals surface area contributed by atoms with Gasteiger partial charge in [0.2, 0.25) is 0 Å². The maximum atomic E-state index is 12.3. The maximum Gasteiger partial charge on any atom is 0.289 e. The van der Waals surface area contributed by atoms with Crippen LogP contribution in [0.5, 0.6) is 0 Å². The van der Waals surface area contributed by atoms with E-state index in [-0.39, 0.29) is 16.4 Å². The summed E-state index contributed by atoms with van der Waals surface area (Å²) in [4.78, 5) is 22.6. The van der Waals surface area contributed by atoms with Crippen molar-refractivity contribution in [2.45, 2.75) is 0 Å². The molecule has 0 aliphatic heterocycles. The lowest BCUT2D eigenvalue weighted by atomic mass is 10.1. The van der Waals surface area contributed by atoms with E-state index in [1.54, 1.807) is 6.07 Å². The number of aromatic nitrogens is 2. The van der Waals surface area contributed by atoms with Gasteiger partial charge >= 0.3 is 0 Å². The van der Waals surface area contributed by atoms with Gasteiger partial charge in [-0.15, -0.1) is 0 Å². The predicted octanol–water partition coefficient (Wildman–Crippen LogP) is 4.56. The van der Waals surface area contributed by atoms with Crippen LogP contribution in [0.4, 0.5) is 5.69 Å². The van der Waals surface area contributed by atoms with E-state index >= 15 is 0 Å². The molecule has 2 N–H and O–H groups in total. The quantitative estimate of drug-likeness (QED) is 0.280. The van der Waals surface area contributed by atoms with Crippen molar-refractivity contribution in [3.63, 3.8) is 0 Å². The maximum absolute atomic E-state index is 12.3. The van der Waals surface area contributed by atoms with Crippen molar-refractivity contribution in [3.8, 4) is 11.3 Å². The molecule has 4 rings (SSSR count). The van der Waals surface area contributed by atoms with Crippen molar-refractivity contribution in [1.82, 2.24) is 15.6 Å². The monoisotopic (exact) mass is 419 g/mol. The number of hydrogen-bond donors (Lipinski definition) is 2. The van der Waals surface area contributed by atoms with Crippen LogP contribution in [0.15, 0.2) is 71.8 Å². The number of nitrogens with one attached hydrogen (secondary N) is 2. The number of carbonyl (C=O) groups excluding carboxylic acids is 1. The number of benzene rings is 3. The normalized spacial score (nSPS) is 11.1. The van der Waals surface area contributed by atoms with E-state index in [4.69, 9.17) is 11.6 Å². The van der Waals surface area contributed by atoms with Gasteiger partial charge in [0.15, 0.2) is 0 Å². The molecule has 0 bridgehead atoms. The molecule has 0 saturated carbocycles. The minimum Gasteiger partial charge on any atom is -0.272 e. The van der Waals surface area contributed by atoms with E-state index in [1.807, 2.05) is 42.5 Å². The standard InChI is InChI=1S/C21H14ClN5O3/c22-18-8-7-17(27(29)30)10-16(18)12-23-26-21(28)20-11-19(24-25-20)15-6-5-13-3-1-2-4-14(13)9-15/h1-12H,(H,24,25)(H,26,28). The molecule has 1 aromatic heterocycles. The molecule has 0 aliphatic carbocycles. The molecule has 1 heterocycles. The van der Waals surface area contributed by atoms with Crippen LogP contribution in [0.2, 0.25) is 5.02 Å². The number of carbonyl (C=O) groups is 1. The van der Waals surface area contributed by atoms with Gasteiger partial charge in [-0.05, 0) is 29.0 Å². The zero-order chi connectivity index (χ0) is 21.1. The lowest BCUT2D eigenvalue weighted by Crippen LogP contribution is -2.18. The van der Waals surface area contributed by atoms with Gasteiger partial charge < -0.3 is 0 Å². The highest BCUT2D eigenvalue weighted by atomic mass is 35.5. The van der Waals surface area contributed by atoms with Crippen molar-refractivity contribution in [2.75, 3.05) is 0 Å². The Bertz CT molecular complexity index is 1300. The van der Waals surface area contributed by atoms with E-state index in [2.05, 4.69) is 20.7 Å². The number of rotatable bonds is 5. The Morgan fingerprint density at radius 3 is 2.70 bits per heavy atom. The van der Waals surface area contributed by atoms with Crippen molar-refractivity contribution < 1.29 is 9.72 Å². The summed E-state index contributed by atoms with van der Waals surface area (Å²) in [5.74, 6) is -0.507. The lowest BCUT2D eigenvalue weighted by Gasteiger charge is -2.00. The van der Waals surface area contributed by atoms with E-state index in [0.29, 0.717) is 11.3 Å². The molecule has 0 radical (unpaired) electrons. The molecular formula is C21H14ClN5O3. The number of nitro groups is 1. The molecule has 3 aromatic carbocycles. The highest BCUT2D eigenvalue weighted by molar-refractivity contribution is 6.33. The first kappa shape index (κ1) is 19.3. The highest BCUT2D eigenvalue weighted by Crippen LogP contribution is 2.23. The van der Waals surface area contributed by atoms with Gasteiger partial charge in [-0.3, -0.25) is 20.0 Å². The SMILES string of the molecule is O=C(NN=Cc1cc([N+](=O)[O-])ccc1Cl)c1cc(-c2ccc3ccccc3c2)n[nH]1. The summed E-state index contributed by atoms with van der Waals surface area (Å²) >= 11 is 6.00. The zero-order valence-corrected chi connectivity index (χ0v) is 16.1. The third-order valence-corrected chi connectivity index (χ3v) is 4.77. The van der Waals surface area contributed by atoms with Crippen LogP contribution in [-0.2, 0) is 0 Å². The van der Waals surface area contributed by atoms with Crippen molar-refractivity contribution in [2.24, 2.45) is 5.10 Å². The molecule has 4 aromatic rings. The predicted molar refractivity (Wildman–Crippen MR) is 115 cm³/mol. The molecule has 0 saturated heterocycles. The first-order valence-corrected chi connectivity index (χ1v) is 9.21. The van der Waals surface area contributed by atoms with Gasteiger partial charge in [0, 0.05) is 28.3 Å². The average molecular weight is 420 g/mol. The Balaban J connectivity index is 1.48. The molecule has 9 heteroatoms. The van der Waals surface area contributed by atoms with Crippen LogP contribution < -0.4 is 5.43 Å². The molecule has 30 heavy (non-hydrogen) atoms. The Hall–Kier alpha value is -4.04. The van der Waals surface area contributed by atoms with Crippen LogP contribution in [0, 0.1) is 10.1 Å². The topological polar surface area (TPSA) is 113 Å². The summed E-state index contributed by atoms with van der Waals surface area (Å²) in [5, 5.41) is 24.0. The Morgan fingerprint density at radius 1 is 1.10 bits per heavy atom. The van der Waals surface area contributed by atoms with E-state index in [1.165, 1.54) is 24.4 Å². The third kappa shape index (κ3) is 4.03. The smallest absolute Gasteiger partial charge is 0.272 e. The average Bonchev–Trinajstić information content (AvgIpc) is 3.25. The molecule has 0 spiro atoms. The van der Waals surface area contributed by atoms with Gasteiger partial charge in [0.05, 0.1) is 16.8 Å². The summed E-state index contributed by atoms with van der Waals surface area (Å²) in [6.07, 6.45) is 1.24. The van der Waals surface area contributed by atoms with E-state index in [0.717, 1.165) is 16.3 Å². The molecule has 0 aliphatic rings. The number of fused-ring (bicyclic) bond motifs is 1. The Morgan fingerprint density at radius 2 is 1.90 bits per heavy atom. The number of non-ortho nitro benzene ring substituents is 1. The van der Waals surface area contributed by atoms with Crippen LogP contribution in [0.1, 0.15) is 16.1 Å². The first-order chi connectivity index (χ1) is 14.5. The third-order valence-electron chi connectivity index (χ3n) is 4.43. The summed E-state index contributed by atoms with van der Waals surface area (Å²) in [7, 11) is 0. The largest absolute Gasteiger partial charge is 0.289 e. The second-order valence-corrected chi connectivity index (χ2v) is 6.80. The second-order valence-electron chi connectivity index (χ2n) is 6.39. The van der Waals surface area contributed by atoms with Crippen LogP contribution in [0.3, 0.4) is 0 Å². The number of hydrogen-bond acceptors (Lipinski definition) is 5. The number of hydrazone groups is 1. The molecule has 148 valence electrons. The van der Waals surface area contributed by atoms with Crippen molar-refractivity contribution >= 4 is 40.2 Å². The summed E-state index contributed by atoms with van der Waals surface area (Å²) < 4.78 is 0. The Kier molecular flexibility index (Phi) is 5.23. The number of halogens is 1. The highest BCUT2D eigenvalue weighted by Gasteiger charge is 2.12. The van der Waals surface area contributed by atoms with E-state index < -0.39 is 10.8 Å².